The molecule has 0 heterocycles. The van der Waals surface area contributed by atoms with E-state index in [1.54, 1.807) is 0 Å². The average Bonchev–Trinajstić information content (AvgIpc) is 3.24. The number of carbonyl (C=O) groups is 3. The van der Waals surface area contributed by atoms with Gasteiger partial charge in [0.1, 0.15) is 6.04 Å². The van der Waals surface area contributed by atoms with Crippen molar-refractivity contribution in [3.8, 4) is 0 Å². The molecule has 9 nitrogen and oxygen atoms in total. The molecule has 4 atom stereocenters. The highest BCUT2D eigenvalue weighted by molar-refractivity contribution is 7.80. The Morgan fingerprint density at radius 2 is 1.27 bits per heavy atom. The summed E-state index contributed by atoms with van der Waals surface area (Å²) in [6, 6.07) is 36.9. The molecule has 0 fully saturated rings. The van der Waals surface area contributed by atoms with Crippen LogP contribution >= 0.6 is 12.2 Å². The number of para-hydroxylation sites is 1. The third-order valence-corrected chi connectivity index (χ3v) is 11.4. The monoisotopic (exact) mass is 829 g/mol. The second-order valence-corrected chi connectivity index (χ2v) is 16.9. The lowest BCUT2D eigenvalue weighted by Gasteiger charge is -2.29. The van der Waals surface area contributed by atoms with Crippen LogP contribution in [0.3, 0.4) is 0 Å². The lowest BCUT2D eigenvalue weighted by atomic mass is 9.87. The number of rotatable bonds is 22. The van der Waals surface area contributed by atoms with E-state index in [1.165, 1.54) is 0 Å². The lowest BCUT2D eigenvalue weighted by molar-refractivity contribution is -0.132. The van der Waals surface area contributed by atoms with Crippen molar-refractivity contribution in [1.29, 1.82) is 0 Å². The van der Waals surface area contributed by atoms with E-state index in [1.807, 2.05) is 80.6 Å². The summed E-state index contributed by atoms with van der Waals surface area (Å²) in [5, 5.41) is 31.9. The Hall–Kier alpha value is -5.32. The van der Waals surface area contributed by atoms with Gasteiger partial charge in [-0.3, -0.25) is 14.4 Å². The average molecular weight is 830 g/mol. The van der Waals surface area contributed by atoms with Crippen LogP contribution in [0.2, 0.25) is 0 Å². The molecule has 0 radical (unpaired) electrons. The van der Waals surface area contributed by atoms with Crippen molar-refractivity contribution in [3.63, 3.8) is 0 Å². The number of nitrogens with one attached hydrogen (secondary N) is 5. The van der Waals surface area contributed by atoms with E-state index >= 15 is 0 Å². The smallest absolute Gasteiger partial charge is 0.242 e. The molecule has 5 rings (SSSR count). The minimum absolute atomic E-state index is 0.131. The molecule has 0 bridgehead atoms. The second kappa shape index (κ2) is 23.5. The molecule has 5 aromatic carbocycles. The van der Waals surface area contributed by atoms with Crippen LogP contribution in [0, 0.1) is 17.8 Å². The topological polar surface area (TPSA) is 132 Å². The second-order valence-electron chi connectivity index (χ2n) is 16.5. The minimum Gasteiger partial charge on any atom is -0.390 e. The number of benzene rings is 5. The van der Waals surface area contributed by atoms with Gasteiger partial charge in [-0.05, 0) is 107 Å². The molecule has 0 aliphatic rings. The molecular formula is C50H63N5O4S. The maximum atomic E-state index is 14.8. The van der Waals surface area contributed by atoms with Gasteiger partial charge in [-0.25, -0.2) is 0 Å². The maximum absolute atomic E-state index is 14.8. The van der Waals surface area contributed by atoms with E-state index in [2.05, 4.69) is 89.0 Å². The first-order valence-corrected chi connectivity index (χ1v) is 22.0. The van der Waals surface area contributed by atoms with Gasteiger partial charge in [-0.2, -0.15) is 0 Å². The molecule has 60 heavy (non-hydrogen) atoms. The van der Waals surface area contributed by atoms with E-state index in [9.17, 15) is 19.5 Å². The van der Waals surface area contributed by atoms with E-state index in [-0.39, 0.29) is 30.1 Å². The number of thiocarbonyl (C=S) groups is 1. The molecule has 0 spiro atoms. The zero-order valence-corrected chi connectivity index (χ0v) is 36.4. The predicted octanol–water partition coefficient (Wildman–Crippen LogP) is 8.48. The highest BCUT2D eigenvalue weighted by Gasteiger charge is 2.31. The zero-order valence-electron chi connectivity index (χ0n) is 35.6. The number of unbranched alkanes of at least 4 members (excludes halogenated alkanes) is 1. The fraction of sp³-hybridized carbons (Fsp3) is 0.400. The first kappa shape index (κ1) is 45.8. The first-order chi connectivity index (χ1) is 29.0. The van der Waals surface area contributed by atoms with Gasteiger partial charge >= 0.3 is 0 Å². The van der Waals surface area contributed by atoms with Crippen LogP contribution in [0.1, 0.15) is 77.3 Å². The molecule has 0 aliphatic carbocycles. The van der Waals surface area contributed by atoms with Crippen LogP contribution in [0.15, 0.2) is 115 Å². The number of anilines is 1. The minimum atomic E-state index is -1.10. The fourth-order valence-corrected chi connectivity index (χ4v) is 7.82. The van der Waals surface area contributed by atoms with E-state index < -0.39 is 24.1 Å². The Balaban J connectivity index is 1.36. The largest absolute Gasteiger partial charge is 0.390 e. The molecule has 318 valence electrons. The third-order valence-electron chi connectivity index (χ3n) is 11.2. The van der Waals surface area contributed by atoms with Gasteiger partial charge < -0.3 is 31.7 Å². The quantitative estimate of drug-likeness (QED) is 0.0305. The van der Waals surface area contributed by atoms with E-state index in [0.717, 1.165) is 44.8 Å². The van der Waals surface area contributed by atoms with Crippen LogP contribution in [-0.4, -0.2) is 59.2 Å². The van der Waals surface area contributed by atoms with Gasteiger partial charge in [0.15, 0.2) is 5.11 Å². The molecule has 0 saturated heterocycles. The molecular weight excluding hydrogens is 767 g/mol. The van der Waals surface area contributed by atoms with Crippen LogP contribution in [0.25, 0.3) is 21.5 Å². The summed E-state index contributed by atoms with van der Waals surface area (Å²) in [5.41, 5.74) is 3.02. The summed E-state index contributed by atoms with van der Waals surface area (Å²) in [6.45, 7) is 9.27. The number of fused-ring (bicyclic) bond motifs is 2. The Morgan fingerprint density at radius 1 is 0.683 bits per heavy atom. The highest BCUT2D eigenvalue weighted by Crippen LogP contribution is 2.27. The molecule has 0 saturated carbocycles. The summed E-state index contributed by atoms with van der Waals surface area (Å²) >= 11 is 5.51. The third kappa shape index (κ3) is 14.2. The van der Waals surface area contributed by atoms with Crippen molar-refractivity contribution in [2.75, 3.05) is 18.4 Å². The maximum Gasteiger partial charge on any atom is 0.242 e. The molecule has 0 unspecified atom stereocenters. The first-order valence-electron chi connectivity index (χ1n) is 21.6. The standard InChI is InChI=1S/C50H63N5O4S/c1-5-35(4)33-52-47(57)32-46(56)45(29-34(2)3)55-49(59)44(27-13-14-28-51-50(60)53-41-23-7-6-8-24-41)54-48(58)40(30-38-21-15-19-36-17-9-11-25-42(36)38)31-39-22-16-20-37-18-10-12-26-43(37)39/h6-12,15-26,34-35,40,44-46,56H,5,13-14,27-33H2,1-4H3,(H,52,57)(H,54,58)(H,55,59)(H2,51,53,60)/t35-,44-,45-,46-/m0/s1. The van der Waals surface area contributed by atoms with E-state index in [4.69, 9.17) is 12.2 Å². The van der Waals surface area contributed by atoms with Crippen molar-refractivity contribution in [2.24, 2.45) is 17.8 Å². The van der Waals surface area contributed by atoms with E-state index in [0.29, 0.717) is 62.6 Å². The van der Waals surface area contributed by atoms with Crippen molar-refractivity contribution >= 4 is 62.3 Å². The number of hydrogen-bond donors (Lipinski definition) is 6. The van der Waals surface area contributed by atoms with Crippen LogP contribution in [0.4, 0.5) is 5.69 Å². The van der Waals surface area contributed by atoms with Crippen molar-refractivity contribution in [1.82, 2.24) is 21.3 Å². The van der Waals surface area contributed by atoms with Crippen LogP contribution < -0.4 is 26.6 Å². The Kier molecular flexibility index (Phi) is 17.9. The molecule has 5 aromatic rings. The normalized spacial score (nSPS) is 13.4. The summed E-state index contributed by atoms with van der Waals surface area (Å²) in [4.78, 5) is 42.0. The highest BCUT2D eigenvalue weighted by atomic mass is 32.1. The number of amides is 3. The SMILES string of the molecule is CC[C@H](C)CNC(=O)C[C@H](O)[C@H](CC(C)C)NC(=O)[C@H](CCCCNC(=S)Nc1ccccc1)NC(=O)C(Cc1cccc2ccccc12)Cc1cccc2ccccc12. The lowest BCUT2D eigenvalue weighted by Crippen LogP contribution is -2.54. The van der Waals surface area contributed by atoms with Crippen molar-refractivity contribution in [3.05, 3.63) is 126 Å². The van der Waals surface area contributed by atoms with Gasteiger partial charge in [0, 0.05) is 24.7 Å². The molecule has 3 amide bonds. The predicted molar refractivity (Wildman–Crippen MR) is 250 cm³/mol. The van der Waals surface area contributed by atoms with Gasteiger partial charge in [0.2, 0.25) is 17.7 Å². The van der Waals surface area contributed by atoms with Crippen LogP contribution in [-0.2, 0) is 27.2 Å². The number of aliphatic hydroxyl groups excluding tert-OH is 1. The summed E-state index contributed by atoms with van der Waals surface area (Å²) in [5.74, 6) is -0.896. The zero-order chi connectivity index (χ0) is 42.9. The summed E-state index contributed by atoms with van der Waals surface area (Å²) in [7, 11) is 0. The number of carbonyl (C=O) groups excluding carboxylic acids is 3. The number of aliphatic hydroxyl groups is 1. The van der Waals surface area contributed by atoms with Gasteiger partial charge in [0.05, 0.1) is 18.6 Å². The van der Waals surface area contributed by atoms with Gasteiger partial charge in [-0.15, -0.1) is 0 Å². The molecule has 6 N–H and O–H groups in total. The summed E-state index contributed by atoms with van der Waals surface area (Å²) < 4.78 is 0. The Bertz CT molecular complexity index is 2070. The Morgan fingerprint density at radius 3 is 1.87 bits per heavy atom. The fourth-order valence-electron chi connectivity index (χ4n) is 7.60. The molecule has 10 heteroatoms. The van der Waals surface area contributed by atoms with Gasteiger partial charge in [-0.1, -0.05) is 137 Å². The van der Waals surface area contributed by atoms with Gasteiger partial charge in [0.25, 0.3) is 0 Å². The van der Waals surface area contributed by atoms with Crippen molar-refractivity contribution < 1.29 is 19.5 Å². The Labute approximate surface area is 361 Å². The van der Waals surface area contributed by atoms with Crippen LogP contribution in [0.5, 0.6) is 0 Å². The summed E-state index contributed by atoms with van der Waals surface area (Å²) in [6.07, 6.45) is 2.79. The van der Waals surface area contributed by atoms with Crippen molar-refractivity contribution in [2.45, 2.75) is 97.2 Å². The number of hydrogen-bond acceptors (Lipinski definition) is 5. The molecule has 0 aliphatic heterocycles. The molecule has 0 aromatic heterocycles.